The molecule has 1 aromatic heterocycles. The minimum absolute atomic E-state index is 0.326. The van der Waals surface area contributed by atoms with E-state index in [1.165, 1.54) is 4.31 Å². The Labute approximate surface area is 121 Å². The second kappa shape index (κ2) is 7.78. The van der Waals surface area contributed by atoms with E-state index in [1.54, 1.807) is 19.3 Å². The molecule has 116 valence electrons. The molecule has 0 aliphatic rings. The second-order valence-electron chi connectivity index (χ2n) is 4.58. The Kier molecular flexibility index (Phi) is 6.67. The molecule has 1 heterocycles. The molecule has 1 rings (SSSR count). The van der Waals surface area contributed by atoms with Gasteiger partial charge in [0.15, 0.2) is 0 Å². The van der Waals surface area contributed by atoms with Crippen molar-refractivity contribution in [1.29, 1.82) is 0 Å². The van der Waals surface area contributed by atoms with E-state index in [4.69, 9.17) is 4.74 Å². The van der Waals surface area contributed by atoms with Crippen molar-refractivity contribution in [2.45, 2.75) is 25.3 Å². The van der Waals surface area contributed by atoms with Crippen LogP contribution in [0, 0.1) is 0 Å². The van der Waals surface area contributed by atoms with Gasteiger partial charge in [-0.15, -0.1) is 0 Å². The number of rotatable bonds is 9. The average molecular weight is 303 g/mol. The van der Waals surface area contributed by atoms with Gasteiger partial charge in [0.1, 0.15) is 4.90 Å². The highest BCUT2D eigenvalue weighted by molar-refractivity contribution is 7.89. The van der Waals surface area contributed by atoms with Crippen LogP contribution in [0.1, 0.15) is 19.5 Å². The van der Waals surface area contributed by atoms with E-state index in [9.17, 15) is 8.42 Å². The van der Waals surface area contributed by atoms with Crippen molar-refractivity contribution in [3.8, 4) is 0 Å². The summed E-state index contributed by atoms with van der Waals surface area (Å²) in [7, 11) is -0.0136. The number of hydrogen-bond acceptors (Lipinski definition) is 4. The van der Waals surface area contributed by atoms with Crippen LogP contribution in [-0.4, -0.2) is 50.6 Å². The van der Waals surface area contributed by atoms with Gasteiger partial charge in [0.05, 0.1) is 6.61 Å². The molecule has 6 nitrogen and oxygen atoms in total. The Morgan fingerprint density at radius 1 is 1.40 bits per heavy atom. The highest BCUT2D eigenvalue weighted by Crippen LogP contribution is 2.17. The summed E-state index contributed by atoms with van der Waals surface area (Å²) >= 11 is 0. The Morgan fingerprint density at radius 3 is 2.70 bits per heavy atom. The third-order valence-electron chi connectivity index (χ3n) is 3.10. The van der Waals surface area contributed by atoms with Crippen LogP contribution in [0.15, 0.2) is 17.2 Å². The molecule has 0 aliphatic carbocycles. The van der Waals surface area contributed by atoms with E-state index in [0.29, 0.717) is 31.2 Å². The molecule has 0 spiro atoms. The number of hydrogen-bond donors (Lipinski definition) is 1. The van der Waals surface area contributed by atoms with Crippen LogP contribution in [0.4, 0.5) is 0 Å². The molecule has 0 saturated heterocycles. The predicted molar refractivity (Wildman–Crippen MR) is 79.1 cm³/mol. The molecule has 7 heteroatoms. The second-order valence-corrected chi connectivity index (χ2v) is 6.63. The van der Waals surface area contributed by atoms with Crippen LogP contribution < -0.4 is 5.32 Å². The van der Waals surface area contributed by atoms with Gasteiger partial charge in [-0.05, 0) is 19.5 Å². The van der Waals surface area contributed by atoms with E-state index in [1.807, 2.05) is 25.5 Å². The zero-order valence-corrected chi connectivity index (χ0v) is 13.5. The molecule has 1 N–H and O–H groups in total. The van der Waals surface area contributed by atoms with Gasteiger partial charge in [0.25, 0.3) is 0 Å². The first-order valence-corrected chi connectivity index (χ1v) is 8.27. The fourth-order valence-electron chi connectivity index (χ4n) is 1.78. The summed E-state index contributed by atoms with van der Waals surface area (Å²) in [5.74, 6) is 0. The van der Waals surface area contributed by atoms with Gasteiger partial charge < -0.3 is 14.6 Å². The lowest BCUT2D eigenvalue weighted by atomic mass is 10.4. The van der Waals surface area contributed by atoms with Crippen LogP contribution in [0.25, 0.3) is 0 Å². The maximum absolute atomic E-state index is 12.4. The molecule has 20 heavy (non-hydrogen) atoms. The summed E-state index contributed by atoms with van der Waals surface area (Å²) in [5.41, 5.74) is 0.948. The van der Waals surface area contributed by atoms with E-state index < -0.39 is 10.0 Å². The van der Waals surface area contributed by atoms with Crippen molar-refractivity contribution in [2.75, 3.05) is 33.4 Å². The molecule has 0 fully saturated rings. The molecular formula is C13H25N3O3S. The number of nitrogens with one attached hydrogen (secondary N) is 1. The van der Waals surface area contributed by atoms with Crippen molar-refractivity contribution in [3.05, 3.63) is 18.0 Å². The van der Waals surface area contributed by atoms with Crippen LogP contribution in [0.2, 0.25) is 0 Å². The van der Waals surface area contributed by atoms with Gasteiger partial charge in [-0.1, -0.05) is 6.92 Å². The van der Waals surface area contributed by atoms with Crippen molar-refractivity contribution >= 4 is 10.0 Å². The summed E-state index contributed by atoms with van der Waals surface area (Å²) in [6.07, 6.45) is 1.65. The number of aromatic nitrogens is 1. The summed E-state index contributed by atoms with van der Waals surface area (Å²) in [4.78, 5) is 0.326. The van der Waals surface area contributed by atoms with Crippen LogP contribution in [0.3, 0.4) is 0 Å². The lowest BCUT2D eigenvalue weighted by Gasteiger charge is -2.15. The largest absolute Gasteiger partial charge is 0.380 e. The average Bonchev–Trinajstić information content (AvgIpc) is 2.78. The molecule has 0 radical (unpaired) electrons. The SMILES string of the molecule is CCNCc1cc(S(=O)(=O)N(C)CCOCC)cn1C. The molecule has 1 aromatic rings. The summed E-state index contributed by atoms with van der Waals surface area (Å²) in [6.45, 7) is 6.76. The quantitative estimate of drug-likeness (QED) is 0.685. The molecular weight excluding hydrogens is 278 g/mol. The molecule has 0 amide bonds. The van der Waals surface area contributed by atoms with Gasteiger partial charge >= 0.3 is 0 Å². The fourth-order valence-corrected chi connectivity index (χ4v) is 3.04. The topological polar surface area (TPSA) is 63.6 Å². The number of sulfonamides is 1. The fraction of sp³-hybridized carbons (Fsp3) is 0.692. The minimum Gasteiger partial charge on any atom is -0.380 e. The molecule has 0 atom stereocenters. The van der Waals surface area contributed by atoms with Gasteiger partial charge in [0.2, 0.25) is 10.0 Å². The van der Waals surface area contributed by atoms with Crippen molar-refractivity contribution < 1.29 is 13.2 Å². The first kappa shape index (κ1) is 17.2. The maximum Gasteiger partial charge on any atom is 0.244 e. The Balaban J connectivity index is 2.81. The predicted octanol–water partition coefficient (Wildman–Crippen LogP) is 0.792. The molecule has 0 bridgehead atoms. The third kappa shape index (κ3) is 4.31. The summed E-state index contributed by atoms with van der Waals surface area (Å²) in [6, 6.07) is 1.72. The number of ether oxygens (including phenoxy) is 1. The van der Waals surface area contributed by atoms with Crippen LogP contribution >= 0.6 is 0 Å². The monoisotopic (exact) mass is 303 g/mol. The van der Waals surface area contributed by atoms with Gasteiger partial charge in [-0.2, -0.15) is 4.31 Å². The van der Waals surface area contributed by atoms with Crippen molar-refractivity contribution in [2.24, 2.45) is 7.05 Å². The molecule has 0 saturated carbocycles. The Morgan fingerprint density at radius 2 is 2.10 bits per heavy atom. The van der Waals surface area contributed by atoms with Crippen molar-refractivity contribution in [1.82, 2.24) is 14.2 Å². The van der Waals surface area contributed by atoms with E-state index in [2.05, 4.69) is 5.32 Å². The zero-order valence-electron chi connectivity index (χ0n) is 12.7. The maximum atomic E-state index is 12.4. The lowest BCUT2D eigenvalue weighted by Crippen LogP contribution is -2.30. The molecule has 0 aromatic carbocycles. The lowest BCUT2D eigenvalue weighted by molar-refractivity contribution is 0.138. The van der Waals surface area contributed by atoms with Crippen LogP contribution in [0.5, 0.6) is 0 Å². The highest BCUT2D eigenvalue weighted by atomic mass is 32.2. The molecule has 0 unspecified atom stereocenters. The van der Waals surface area contributed by atoms with Crippen LogP contribution in [-0.2, 0) is 28.4 Å². The highest BCUT2D eigenvalue weighted by Gasteiger charge is 2.22. The first-order chi connectivity index (χ1) is 9.43. The normalized spacial score (nSPS) is 12.2. The zero-order chi connectivity index (χ0) is 15.2. The number of aryl methyl sites for hydroxylation is 1. The van der Waals surface area contributed by atoms with Gasteiger partial charge in [0, 0.05) is 45.7 Å². The molecule has 0 aliphatic heterocycles. The smallest absolute Gasteiger partial charge is 0.244 e. The third-order valence-corrected chi connectivity index (χ3v) is 4.92. The summed E-state index contributed by atoms with van der Waals surface area (Å²) in [5, 5.41) is 3.19. The van der Waals surface area contributed by atoms with Gasteiger partial charge in [-0.3, -0.25) is 0 Å². The van der Waals surface area contributed by atoms with E-state index in [-0.39, 0.29) is 0 Å². The van der Waals surface area contributed by atoms with E-state index in [0.717, 1.165) is 12.2 Å². The van der Waals surface area contributed by atoms with Gasteiger partial charge in [-0.25, -0.2) is 8.42 Å². The van der Waals surface area contributed by atoms with E-state index >= 15 is 0 Å². The Hall–Kier alpha value is -0.890. The minimum atomic E-state index is -3.44. The number of nitrogens with zero attached hydrogens (tertiary/aromatic N) is 2. The standard InChI is InChI=1S/C13H25N3O3S/c1-5-14-10-12-9-13(11-15(12)3)20(17,18)16(4)7-8-19-6-2/h9,11,14H,5-8,10H2,1-4H3. The summed E-state index contributed by atoms with van der Waals surface area (Å²) < 4.78 is 33.2. The Bertz CT molecular complexity index is 511. The van der Waals surface area contributed by atoms with Crippen molar-refractivity contribution in [3.63, 3.8) is 0 Å². The first-order valence-electron chi connectivity index (χ1n) is 6.83. The number of likely N-dealkylation sites (N-methyl/N-ethyl adjacent to an activating group) is 1.